The van der Waals surface area contributed by atoms with Crippen molar-refractivity contribution in [3.63, 3.8) is 0 Å². The third-order valence-corrected chi connectivity index (χ3v) is 6.34. The standard InChI is InChI=1S/C27H34N2O7/c1-27(2,3)36-26(33)28-16-12-17(13-16)34-15-23(24(30)31)29-25(32)35-14-22-20-10-6-4-8-18(20)19-9-5-7-11-21(19)22/h4-11,16-17,22-23,25,29,32H,12-15H2,1-3H3,(H,28,33)(H,30,31)/t16?,17?,23-,25?/m1/s1. The van der Waals surface area contributed by atoms with Gasteiger partial charge in [0.05, 0.1) is 19.3 Å². The number of fused-ring (bicyclic) bond motifs is 3. The number of benzene rings is 2. The molecule has 2 aromatic rings. The number of alkyl carbamates (subject to hydrolysis) is 1. The lowest BCUT2D eigenvalue weighted by Gasteiger charge is -2.36. The minimum absolute atomic E-state index is 0.0576. The average Bonchev–Trinajstić information content (AvgIpc) is 3.10. The third-order valence-electron chi connectivity index (χ3n) is 6.34. The minimum atomic E-state index is -1.47. The third kappa shape index (κ3) is 6.41. The molecule has 0 spiro atoms. The summed E-state index contributed by atoms with van der Waals surface area (Å²) in [6.07, 6.45) is -1.02. The van der Waals surface area contributed by atoms with E-state index >= 15 is 0 Å². The molecule has 2 aromatic carbocycles. The number of aliphatic hydroxyl groups excluding tert-OH is 1. The maximum absolute atomic E-state index is 11.8. The first-order valence-corrected chi connectivity index (χ1v) is 12.2. The fourth-order valence-corrected chi connectivity index (χ4v) is 4.56. The first-order chi connectivity index (χ1) is 17.1. The van der Waals surface area contributed by atoms with Crippen LogP contribution in [0.15, 0.2) is 48.5 Å². The molecule has 2 aliphatic rings. The number of nitrogens with one attached hydrogen (secondary N) is 2. The summed E-state index contributed by atoms with van der Waals surface area (Å²) in [5, 5.41) is 25.3. The van der Waals surface area contributed by atoms with Gasteiger partial charge in [0.15, 0.2) is 0 Å². The van der Waals surface area contributed by atoms with Crippen LogP contribution in [0, 0.1) is 0 Å². The predicted molar refractivity (Wildman–Crippen MR) is 132 cm³/mol. The van der Waals surface area contributed by atoms with Crippen molar-refractivity contribution in [2.24, 2.45) is 0 Å². The van der Waals surface area contributed by atoms with Gasteiger partial charge in [0, 0.05) is 12.0 Å². The molecule has 0 aromatic heterocycles. The summed E-state index contributed by atoms with van der Waals surface area (Å²) in [4.78, 5) is 23.5. The maximum atomic E-state index is 11.8. The van der Waals surface area contributed by atoms with Gasteiger partial charge in [-0.25, -0.2) is 4.79 Å². The second-order valence-corrected chi connectivity index (χ2v) is 10.2. The molecule has 4 rings (SSSR count). The van der Waals surface area contributed by atoms with E-state index in [9.17, 15) is 19.8 Å². The minimum Gasteiger partial charge on any atom is -0.480 e. The quantitative estimate of drug-likeness (QED) is 0.368. The van der Waals surface area contributed by atoms with Crippen LogP contribution in [0.1, 0.15) is 50.7 Å². The summed E-state index contributed by atoms with van der Waals surface area (Å²) in [6, 6.07) is 14.9. The van der Waals surface area contributed by atoms with Crippen molar-refractivity contribution in [3.05, 3.63) is 59.7 Å². The zero-order valence-corrected chi connectivity index (χ0v) is 20.8. The number of hydrogen-bond acceptors (Lipinski definition) is 7. The Balaban J connectivity index is 1.23. The smallest absolute Gasteiger partial charge is 0.407 e. The molecule has 0 heterocycles. The molecular formula is C27H34N2O7. The van der Waals surface area contributed by atoms with Gasteiger partial charge in [0.1, 0.15) is 11.6 Å². The summed E-state index contributed by atoms with van der Waals surface area (Å²) in [7, 11) is 0. The average molecular weight is 499 g/mol. The molecule has 2 atom stereocenters. The van der Waals surface area contributed by atoms with Crippen LogP contribution in [-0.4, -0.2) is 65.7 Å². The molecule has 1 amide bonds. The number of carbonyl (C=O) groups excluding carboxylic acids is 1. The maximum Gasteiger partial charge on any atom is 0.407 e. The zero-order chi connectivity index (χ0) is 25.9. The first-order valence-electron chi connectivity index (χ1n) is 12.2. The van der Waals surface area contributed by atoms with Crippen molar-refractivity contribution in [3.8, 4) is 11.1 Å². The molecule has 2 aliphatic carbocycles. The lowest BCUT2D eigenvalue weighted by Crippen LogP contribution is -2.52. The van der Waals surface area contributed by atoms with Gasteiger partial charge in [-0.1, -0.05) is 48.5 Å². The lowest BCUT2D eigenvalue weighted by molar-refractivity contribution is -0.158. The number of amides is 1. The molecular weight excluding hydrogens is 464 g/mol. The Morgan fingerprint density at radius 3 is 2.17 bits per heavy atom. The molecule has 0 bridgehead atoms. The highest BCUT2D eigenvalue weighted by atomic mass is 16.6. The lowest BCUT2D eigenvalue weighted by atomic mass is 9.89. The van der Waals surface area contributed by atoms with E-state index in [-0.39, 0.29) is 31.3 Å². The summed E-state index contributed by atoms with van der Waals surface area (Å²) in [6.45, 7) is 5.43. The van der Waals surface area contributed by atoms with E-state index in [1.54, 1.807) is 20.8 Å². The van der Waals surface area contributed by atoms with E-state index in [0.717, 1.165) is 22.3 Å². The molecule has 0 aliphatic heterocycles. The van der Waals surface area contributed by atoms with Crippen molar-refractivity contribution < 1.29 is 34.0 Å². The predicted octanol–water partition coefficient (Wildman–Crippen LogP) is 3.21. The van der Waals surface area contributed by atoms with Gasteiger partial charge < -0.3 is 29.7 Å². The van der Waals surface area contributed by atoms with Crippen LogP contribution in [-0.2, 0) is 19.0 Å². The number of carbonyl (C=O) groups is 2. The van der Waals surface area contributed by atoms with Crippen LogP contribution >= 0.6 is 0 Å². The fraction of sp³-hybridized carbons (Fsp3) is 0.481. The van der Waals surface area contributed by atoms with E-state index in [1.807, 2.05) is 36.4 Å². The van der Waals surface area contributed by atoms with Gasteiger partial charge >= 0.3 is 12.1 Å². The molecule has 9 nitrogen and oxygen atoms in total. The highest BCUT2D eigenvalue weighted by Crippen LogP contribution is 2.44. The second-order valence-electron chi connectivity index (χ2n) is 10.2. The van der Waals surface area contributed by atoms with Crippen LogP contribution < -0.4 is 10.6 Å². The normalized spacial score (nSPS) is 20.6. The number of carboxylic acid groups (broad SMARTS) is 1. The van der Waals surface area contributed by atoms with Crippen LogP contribution in [0.5, 0.6) is 0 Å². The number of carboxylic acids is 1. The van der Waals surface area contributed by atoms with E-state index in [4.69, 9.17) is 14.2 Å². The molecule has 0 saturated heterocycles. The Labute approximate surface area is 210 Å². The van der Waals surface area contributed by atoms with Crippen molar-refractivity contribution in [2.45, 2.75) is 69.7 Å². The van der Waals surface area contributed by atoms with E-state index in [2.05, 4.69) is 22.8 Å². The monoisotopic (exact) mass is 498 g/mol. The SMILES string of the molecule is CC(C)(C)OC(=O)NC1CC(OC[C@@H](NC(O)OCC2c3ccccc3-c3ccccc32)C(=O)O)C1. The first kappa shape index (κ1) is 26.1. The molecule has 194 valence electrons. The number of rotatable bonds is 10. The van der Waals surface area contributed by atoms with Gasteiger partial charge in [-0.15, -0.1) is 0 Å². The molecule has 1 fully saturated rings. The van der Waals surface area contributed by atoms with Crippen LogP contribution in [0.3, 0.4) is 0 Å². The Hall–Kier alpha value is -2.98. The molecule has 9 heteroatoms. The number of ether oxygens (including phenoxy) is 3. The Bertz CT molecular complexity index is 1030. The van der Waals surface area contributed by atoms with Gasteiger partial charge in [-0.3, -0.25) is 10.1 Å². The zero-order valence-electron chi connectivity index (χ0n) is 20.8. The largest absolute Gasteiger partial charge is 0.480 e. The van der Waals surface area contributed by atoms with Gasteiger partial charge in [0.25, 0.3) is 0 Å². The molecule has 1 unspecified atom stereocenters. The summed E-state index contributed by atoms with van der Waals surface area (Å²) in [5.74, 6) is -1.21. The second kappa shape index (κ2) is 11.0. The number of aliphatic carboxylic acids is 1. The number of hydrogen-bond donors (Lipinski definition) is 4. The summed E-state index contributed by atoms with van der Waals surface area (Å²) >= 11 is 0. The molecule has 36 heavy (non-hydrogen) atoms. The Kier molecular flexibility index (Phi) is 7.94. The molecule has 0 radical (unpaired) electrons. The fourth-order valence-electron chi connectivity index (χ4n) is 4.56. The van der Waals surface area contributed by atoms with Gasteiger partial charge in [-0.2, -0.15) is 0 Å². The van der Waals surface area contributed by atoms with E-state index in [0.29, 0.717) is 12.8 Å². The Morgan fingerprint density at radius 2 is 1.61 bits per heavy atom. The van der Waals surface area contributed by atoms with E-state index < -0.39 is 30.1 Å². The van der Waals surface area contributed by atoms with Crippen molar-refractivity contribution >= 4 is 12.1 Å². The van der Waals surface area contributed by atoms with Crippen LogP contribution in [0.2, 0.25) is 0 Å². The van der Waals surface area contributed by atoms with Gasteiger partial charge in [-0.05, 0) is 55.9 Å². The van der Waals surface area contributed by atoms with Crippen LogP contribution in [0.25, 0.3) is 11.1 Å². The van der Waals surface area contributed by atoms with Crippen molar-refractivity contribution in [2.75, 3.05) is 13.2 Å². The molecule has 4 N–H and O–H groups in total. The van der Waals surface area contributed by atoms with Crippen molar-refractivity contribution in [1.82, 2.24) is 10.6 Å². The Morgan fingerprint density at radius 1 is 1.03 bits per heavy atom. The topological polar surface area (TPSA) is 126 Å². The summed E-state index contributed by atoms with van der Waals surface area (Å²) in [5.41, 5.74) is 3.94. The van der Waals surface area contributed by atoms with Crippen LogP contribution in [0.4, 0.5) is 4.79 Å². The number of aliphatic hydroxyl groups is 1. The van der Waals surface area contributed by atoms with Gasteiger partial charge in [0.2, 0.25) is 6.41 Å². The van der Waals surface area contributed by atoms with Crippen molar-refractivity contribution in [1.29, 1.82) is 0 Å². The van der Waals surface area contributed by atoms with E-state index in [1.165, 1.54) is 0 Å². The highest BCUT2D eigenvalue weighted by Gasteiger charge is 2.34. The highest BCUT2D eigenvalue weighted by molar-refractivity contribution is 5.78. The molecule has 1 saturated carbocycles. The summed E-state index contributed by atoms with van der Waals surface area (Å²) < 4.78 is 16.5.